The molecule has 8 heteroatoms. The van der Waals surface area contributed by atoms with Gasteiger partial charge in [-0.25, -0.2) is 13.2 Å². The number of carbonyl (C=O) groups excluding carboxylic acids is 2. The highest BCUT2D eigenvalue weighted by atomic mass is 32.2. The van der Waals surface area contributed by atoms with Gasteiger partial charge in [-0.3, -0.25) is 9.10 Å². The van der Waals surface area contributed by atoms with Crippen molar-refractivity contribution in [3.63, 3.8) is 0 Å². The van der Waals surface area contributed by atoms with Crippen LogP contribution in [-0.4, -0.2) is 40.2 Å². The van der Waals surface area contributed by atoms with Crippen LogP contribution in [-0.2, 0) is 19.6 Å². The predicted molar refractivity (Wildman–Crippen MR) is 109 cm³/mol. The van der Waals surface area contributed by atoms with E-state index in [0.29, 0.717) is 22.9 Å². The Hall–Kier alpha value is -2.87. The summed E-state index contributed by atoms with van der Waals surface area (Å²) in [6, 6.07) is 13.2. The van der Waals surface area contributed by atoms with E-state index in [1.807, 2.05) is 26.0 Å². The largest absolute Gasteiger partial charge is 0.465 e. The fourth-order valence-corrected chi connectivity index (χ4v) is 3.42. The van der Waals surface area contributed by atoms with Crippen molar-refractivity contribution in [1.29, 1.82) is 0 Å². The minimum atomic E-state index is -3.65. The SMILES string of the molecule is COC(=O)c1ccc(NC(=O)CN(c2ccc(C(C)C)cc2)S(C)(=O)=O)cc1. The van der Waals surface area contributed by atoms with Crippen molar-refractivity contribution in [2.75, 3.05) is 29.5 Å². The number of esters is 1. The molecule has 0 aliphatic heterocycles. The van der Waals surface area contributed by atoms with Crippen LogP contribution in [0.3, 0.4) is 0 Å². The van der Waals surface area contributed by atoms with Crippen LogP contribution in [0.15, 0.2) is 48.5 Å². The number of nitrogens with zero attached hydrogens (tertiary/aromatic N) is 1. The quantitative estimate of drug-likeness (QED) is 0.716. The number of hydrogen-bond acceptors (Lipinski definition) is 5. The van der Waals surface area contributed by atoms with Crippen LogP contribution in [0.25, 0.3) is 0 Å². The number of methoxy groups -OCH3 is 1. The molecule has 2 aromatic carbocycles. The molecule has 0 saturated carbocycles. The monoisotopic (exact) mass is 404 g/mol. The molecule has 150 valence electrons. The molecule has 1 amide bonds. The Morgan fingerprint density at radius 3 is 2.07 bits per heavy atom. The number of amides is 1. The minimum Gasteiger partial charge on any atom is -0.465 e. The van der Waals surface area contributed by atoms with Gasteiger partial charge in [-0.1, -0.05) is 26.0 Å². The number of anilines is 2. The molecule has 0 aliphatic rings. The third kappa shape index (κ3) is 5.56. The van der Waals surface area contributed by atoms with Gasteiger partial charge in [-0.2, -0.15) is 0 Å². The molecule has 0 heterocycles. The van der Waals surface area contributed by atoms with Crippen LogP contribution in [0.5, 0.6) is 0 Å². The van der Waals surface area contributed by atoms with Gasteiger partial charge in [0, 0.05) is 5.69 Å². The molecule has 7 nitrogen and oxygen atoms in total. The van der Waals surface area contributed by atoms with Crippen LogP contribution in [0, 0.1) is 0 Å². The fourth-order valence-electron chi connectivity index (χ4n) is 2.56. The number of ether oxygens (including phenoxy) is 1. The fraction of sp³-hybridized carbons (Fsp3) is 0.300. The summed E-state index contributed by atoms with van der Waals surface area (Å²) in [6.45, 7) is 3.73. The Balaban J connectivity index is 2.14. The van der Waals surface area contributed by atoms with E-state index in [4.69, 9.17) is 0 Å². The van der Waals surface area contributed by atoms with Crippen molar-refractivity contribution in [2.24, 2.45) is 0 Å². The lowest BCUT2D eigenvalue weighted by Crippen LogP contribution is -2.37. The summed E-state index contributed by atoms with van der Waals surface area (Å²) < 4.78 is 30.0. The van der Waals surface area contributed by atoms with Crippen molar-refractivity contribution in [2.45, 2.75) is 19.8 Å². The number of nitrogens with one attached hydrogen (secondary N) is 1. The van der Waals surface area contributed by atoms with Crippen molar-refractivity contribution < 1.29 is 22.7 Å². The first-order valence-corrected chi connectivity index (χ1v) is 10.5. The number of hydrogen-bond donors (Lipinski definition) is 1. The molecule has 1 N–H and O–H groups in total. The van der Waals surface area contributed by atoms with Crippen LogP contribution >= 0.6 is 0 Å². The van der Waals surface area contributed by atoms with Gasteiger partial charge in [0.15, 0.2) is 0 Å². The maximum atomic E-state index is 12.4. The van der Waals surface area contributed by atoms with Crippen molar-refractivity contribution in [3.05, 3.63) is 59.7 Å². The molecular formula is C20H24N2O5S. The Kier molecular flexibility index (Phi) is 6.80. The number of carbonyl (C=O) groups is 2. The Morgan fingerprint density at radius 2 is 1.61 bits per heavy atom. The second-order valence-corrected chi connectivity index (χ2v) is 8.54. The highest BCUT2D eigenvalue weighted by Gasteiger charge is 2.21. The van der Waals surface area contributed by atoms with E-state index >= 15 is 0 Å². The summed E-state index contributed by atoms with van der Waals surface area (Å²) in [5.74, 6) is -0.660. The third-order valence-electron chi connectivity index (χ3n) is 4.13. The molecule has 0 saturated heterocycles. The summed E-state index contributed by atoms with van der Waals surface area (Å²) >= 11 is 0. The van der Waals surface area contributed by atoms with E-state index in [-0.39, 0.29) is 6.54 Å². The van der Waals surface area contributed by atoms with E-state index in [9.17, 15) is 18.0 Å². The molecule has 28 heavy (non-hydrogen) atoms. The molecule has 2 rings (SSSR count). The minimum absolute atomic E-state index is 0.317. The summed E-state index contributed by atoms with van der Waals surface area (Å²) in [6.07, 6.45) is 1.06. The maximum absolute atomic E-state index is 12.4. The van der Waals surface area contributed by atoms with Gasteiger partial charge in [0.1, 0.15) is 6.54 Å². The van der Waals surface area contributed by atoms with Crippen molar-refractivity contribution in [1.82, 2.24) is 0 Å². The number of sulfonamides is 1. The molecule has 0 radical (unpaired) electrons. The second kappa shape index (κ2) is 8.88. The summed E-state index contributed by atoms with van der Waals surface area (Å²) in [7, 11) is -2.37. The van der Waals surface area contributed by atoms with E-state index in [2.05, 4.69) is 10.1 Å². The molecule has 0 fully saturated rings. The molecule has 0 spiro atoms. The zero-order valence-electron chi connectivity index (χ0n) is 16.3. The average Bonchev–Trinajstić information content (AvgIpc) is 2.65. The first-order valence-electron chi connectivity index (χ1n) is 8.67. The Labute approximate surface area is 165 Å². The van der Waals surface area contributed by atoms with Gasteiger partial charge >= 0.3 is 5.97 Å². The topological polar surface area (TPSA) is 92.8 Å². The first kappa shape index (κ1) is 21.4. The van der Waals surface area contributed by atoms with E-state index in [1.165, 1.54) is 19.2 Å². The molecule has 0 aromatic heterocycles. The molecule has 2 aromatic rings. The molecule has 0 unspecified atom stereocenters. The normalized spacial score (nSPS) is 11.2. The van der Waals surface area contributed by atoms with Crippen LogP contribution in [0.2, 0.25) is 0 Å². The lowest BCUT2D eigenvalue weighted by molar-refractivity contribution is -0.114. The summed E-state index contributed by atoms with van der Waals surface area (Å²) in [5.41, 5.74) is 2.29. The lowest BCUT2D eigenvalue weighted by atomic mass is 10.0. The number of benzene rings is 2. The number of rotatable bonds is 7. The molecular weight excluding hydrogens is 380 g/mol. The van der Waals surface area contributed by atoms with Crippen LogP contribution < -0.4 is 9.62 Å². The van der Waals surface area contributed by atoms with E-state index < -0.39 is 21.9 Å². The van der Waals surface area contributed by atoms with Crippen LogP contribution in [0.4, 0.5) is 11.4 Å². The smallest absolute Gasteiger partial charge is 0.337 e. The first-order chi connectivity index (χ1) is 13.1. The van der Waals surface area contributed by atoms with Gasteiger partial charge in [-0.15, -0.1) is 0 Å². The van der Waals surface area contributed by atoms with E-state index in [0.717, 1.165) is 16.1 Å². The highest BCUT2D eigenvalue weighted by Crippen LogP contribution is 2.22. The van der Waals surface area contributed by atoms with Gasteiger partial charge in [-0.05, 0) is 47.9 Å². The van der Waals surface area contributed by atoms with Gasteiger partial charge in [0.05, 0.1) is 24.6 Å². The second-order valence-electron chi connectivity index (χ2n) is 6.63. The standard InChI is InChI=1S/C20H24N2O5S/c1-14(2)15-7-11-18(12-8-15)22(28(4,25)26)13-19(23)21-17-9-5-16(6-10-17)20(24)27-3/h5-12,14H,13H2,1-4H3,(H,21,23). The zero-order chi connectivity index (χ0) is 20.9. The summed E-state index contributed by atoms with van der Waals surface area (Å²) in [4.78, 5) is 23.8. The zero-order valence-corrected chi connectivity index (χ0v) is 17.1. The van der Waals surface area contributed by atoms with Crippen molar-refractivity contribution >= 4 is 33.3 Å². The van der Waals surface area contributed by atoms with Gasteiger partial charge in [0.2, 0.25) is 15.9 Å². The molecule has 0 atom stereocenters. The van der Waals surface area contributed by atoms with Gasteiger partial charge in [0.25, 0.3) is 0 Å². The summed E-state index contributed by atoms with van der Waals surface area (Å²) in [5, 5.41) is 2.63. The molecule has 0 bridgehead atoms. The molecule has 0 aliphatic carbocycles. The lowest BCUT2D eigenvalue weighted by Gasteiger charge is -2.22. The van der Waals surface area contributed by atoms with Gasteiger partial charge < -0.3 is 10.1 Å². The third-order valence-corrected chi connectivity index (χ3v) is 5.27. The Bertz CT molecular complexity index is 936. The Morgan fingerprint density at radius 1 is 1.04 bits per heavy atom. The van der Waals surface area contributed by atoms with Crippen molar-refractivity contribution in [3.8, 4) is 0 Å². The maximum Gasteiger partial charge on any atom is 0.337 e. The van der Waals surface area contributed by atoms with E-state index in [1.54, 1.807) is 24.3 Å². The predicted octanol–water partition coefficient (Wildman–Crippen LogP) is 3.00. The highest BCUT2D eigenvalue weighted by molar-refractivity contribution is 7.92. The average molecular weight is 404 g/mol. The van der Waals surface area contributed by atoms with Crippen LogP contribution in [0.1, 0.15) is 35.7 Å².